The van der Waals surface area contributed by atoms with Gasteiger partial charge in [0.15, 0.2) is 6.61 Å². The van der Waals surface area contributed by atoms with Crippen LogP contribution >= 0.6 is 0 Å². The lowest BCUT2D eigenvalue weighted by Crippen LogP contribution is -2.20. The van der Waals surface area contributed by atoms with Crippen molar-refractivity contribution < 1.29 is 17.9 Å². The summed E-state index contributed by atoms with van der Waals surface area (Å²) in [7, 11) is -3.74. The monoisotopic (exact) mass is 435 g/mol. The summed E-state index contributed by atoms with van der Waals surface area (Å²) in [6.07, 6.45) is 0.309. The zero-order valence-corrected chi connectivity index (χ0v) is 17.6. The fourth-order valence-corrected chi connectivity index (χ4v) is 3.95. The van der Waals surface area contributed by atoms with Crippen molar-refractivity contribution in [1.82, 2.24) is 0 Å². The van der Waals surface area contributed by atoms with Crippen LogP contribution in [0.4, 0.5) is 11.4 Å². The number of sulfonamides is 1. The number of hydrogen-bond acceptors (Lipinski definition) is 5. The second-order valence-corrected chi connectivity index (χ2v) is 8.45. The molecule has 158 valence electrons. The van der Waals surface area contributed by atoms with Gasteiger partial charge in [-0.15, -0.1) is 0 Å². The lowest BCUT2D eigenvalue weighted by atomic mass is 10.1. The summed E-state index contributed by atoms with van der Waals surface area (Å²) >= 11 is 0. The van der Waals surface area contributed by atoms with E-state index in [9.17, 15) is 13.2 Å². The maximum absolute atomic E-state index is 12.6. The van der Waals surface area contributed by atoms with Gasteiger partial charge in [0.1, 0.15) is 5.75 Å². The van der Waals surface area contributed by atoms with E-state index in [-0.39, 0.29) is 17.4 Å². The molecule has 3 aromatic carbocycles. The van der Waals surface area contributed by atoms with Crippen LogP contribution < -0.4 is 14.8 Å². The average molecular weight is 436 g/mol. The van der Waals surface area contributed by atoms with E-state index in [1.807, 2.05) is 0 Å². The van der Waals surface area contributed by atoms with Crippen molar-refractivity contribution in [3.63, 3.8) is 0 Å². The number of carbonyl (C=O) groups is 1. The molecular weight excluding hydrogens is 414 g/mol. The Bertz CT molecular complexity index is 1200. The van der Waals surface area contributed by atoms with Gasteiger partial charge in [-0.25, -0.2) is 8.42 Å². The lowest BCUT2D eigenvalue weighted by molar-refractivity contribution is -0.118. The Labute approximate surface area is 181 Å². The summed E-state index contributed by atoms with van der Waals surface area (Å²) in [5, 5.41) is 11.4. The maximum Gasteiger partial charge on any atom is 0.262 e. The van der Waals surface area contributed by atoms with Crippen LogP contribution in [0, 0.1) is 18.3 Å². The smallest absolute Gasteiger partial charge is 0.262 e. The van der Waals surface area contributed by atoms with Crippen LogP contribution in [-0.2, 0) is 21.2 Å². The highest BCUT2D eigenvalue weighted by Crippen LogP contribution is 2.23. The Morgan fingerprint density at radius 1 is 1.00 bits per heavy atom. The lowest BCUT2D eigenvalue weighted by Gasteiger charge is -2.12. The number of anilines is 2. The molecule has 0 saturated carbocycles. The van der Waals surface area contributed by atoms with Gasteiger partial charge in [-0.05, 0) is 60.5 Å². The van der Waals surface area contributed by atoms with E-state index in [1.165, 1.54) is 18.2 Å². The van der Waals surface area contributed by atoms with Gasteiger partial charge in [-0.2, -0.15) is 5.26 Å². The molecule has 0 aliphatic heterocycles. The van der Waals surface area contributed by atoms with Crippen molar-refractivity contribution in [3.05, 3.63) is 83.9 Å². The largest absolute Gasteiger partial charge is 0.483 e. The fraction of sp³-hybridized carbons (Fsp3) is 0.130. The van der Waals surface area contributed by atoms with Crippen molar-refractivity contribution in [2.24, 2.45) is 0 Å². The molecule has 3 aromatic rings. The highest BCUT2D eigenvalue weighted by atomic mass is 32.2. The molecule has 0 fully saturated rings. The number of carbonyl (C=O) groups excluding carboxylic acids is 1. The minimum Gasteiger partial charge on any atom is -0.483 e. The molecule has 0 bridgehead atoms. The van der Waals surface area contributed by atoms with Crippen molar-refractivity contribution in [2.45, 2.75) is 18.2 Å². The molecule has 7 nitrogen and oxygen atoms in total. The minimum absolute atomic E-state index is 0.100. The SMILES string of the molecule is Cc1cc(S(=O)(=O)Nc2ccccc2)ccc1OCC(=O)Nc1ccc(CC#N)cc1. The number of nitrogens with one attached hydrogen (secondary N) is 2. The highest BCUT2D eigenvalue weighted by Gasteiger charge is 2.16. The van der Waals surface area contributed by atoms with Crippen LogP contribution in [-0.4, -0.2) is 20.9 Å². The predicted molar refractivity (Wildman–Crippen MR) is 118 cm³/mol. The van der Waals surface area contributed by atoms with Gasteiger partial charge < -0.3 is 10.1 Å². The fourth-order valence-electron chi connectivity index (χ4n) is 2.81. The van der Waals surface area contributed by atoms with Gasteiger partial charge in [-0.3, -0.25) is 9.52 Å². The predicted octanol–water partition coefficient (Wildman–Crippen LogP) is 3.88. The zero-order valence-electron chi connectivity index (χ0n) is 16.8. The molecule has 0 aromatic heterocycles. The quantitative estimate of drug-likeness (QED) is 0.558. The first kappa shape index (κ1) is 21.9. The molecule has 1 amide bonds. The molecule has 3 rings (SSSR count). The topological polar surface area (TPSA) is 108 Å². The van der Waals surface area contributed by atoms with Crippen LogP contribution in [0.15, 0.2) is 77.7 Å². The minimum atomic E-state index is -3.74. The molecule has 31 heavy (non-hydrogen) atoms. The Balaban J connectivity index is 1.60. The summed E-state index contributed by atoms with van der Waals surface area (Å²) in [5.74, 6) is 0.0630. The molecule has 0 radical (unpaired) electrons. The van der Waals surface area contributed by atoms with Gasteiger partial charge >= 0.3 is 0 Å². The van der Waals surface area contributed by atoms with Crippen molar-refractivity contribution in [2.75, 3.05) is 16.6 Å². The number of para-hydroxylation sites is 1. The standard InChI is InChI=1S/C23H21N3O4S/c1-17-15-21(31(28,29)26-20-5-3-2-4-6-20)11-12-22(17)30-16-23(27)25-19-9-7-18(8-10-19)13-14-24/h2-12,15,26H,13,16H2,1H3,(H,25,27). The first-order valence-corrected chi connectivity index (χ1v) is 10.9. The van der Waals surface area contributed by atoms with Gasteiger partial charge in [-0.1, -0.05) is 30.3 Å². The Kier molecular flexibility index (Phi) is 6.90. The number of aryl methyl sites for hydroxylation is 1. The van der Waals surface area contributed by atoms with Crippen LogP contribution in [0.5, 0.6) is 5.75 Å². The third-order valence-corrected chi connectivity index (χ3v) is 5.74. The average Bonchev–Trinajstić information content (AvgIpc) is 2.75. The summed E-state index contributed by atoms with van der Waals surface area (Å²) in [6.45, 7) is 1.48. The van der Waals surface area contributed by atoms with Crippen molar-refractivity contribution in [1.29, 1.82) is 5.26 Å². The third-order valence-electron chi connectivity index (χ3n) is 4.36. The first-order chi connectivity index (χ1) is 14.9. The van der Waals surface area contributed by atoms with Gasteiger partial charge in [0, 0.05) is 11.4 Å². The van der Waals surface area contributed by atoms with E-state index < -0.39 is 10.0 Å². The van der Waals surface area contributed by atoms with Crippen LogP contribution in [0.3, 0.4) is 0 Å². The molecule has 0 unspecified atom stereocenters. The van der Waals surface area contributed by atoms with E-state index in [2.05, 4.69) is 16.1 Å². The molecule has 0 aliphatic carbocycles. The van der Waals surface area contributed by atoms with E-state index in [1.54, 1.807) is 61.5 Å². The van der Waals surface area contributed by atoms with E-state index in [0.29, 0.717) is 29.1 Å². The van der Waals surface area contributed by atoms with E-state index in [0.717, 1.165) is 5.56 Å². The Hall–Kier alpha value is -3.83. The number of nitrogens with zero attached hydrogens (tertiary/aromatic N) is 1. The second-order valence-electron chi connectivity index (χ2n) is 6.77. The van der Waals surface area contributed by atoms with Crippen LogP contribution in [0.1, 0.15) is 11.1 Å². The number of hydrogen-bond donors (Lipinski definition) is 2. The zero-order chi connectivity index (χ0) is 22.3. The molecule has 0 spiro atoms. The molecule has 0 atom stereocenters. The van der Waals surface area contributed by atoms with Crippen LogP contribution in [0.2, 0.25) is 0 Å². The summed E-state index contributed by atoms with van der Waals surface area (Å²) in [4.78, 5) is 12.2. The molecule has 0 heterocycles. The number of benzene rings is 3. The Morgan fingerprint density at radius 3 is 2.35 bits per heavy atom. The summed E-state index contributed by atoms with van der Waals surface area (Å²) < 4.78 is 33.2. The van der Waals surface area contributed by atoms with Crippen molar-refractivity contribution in [3.8, 4) is 11.8 Å². The van der Waals surface area contributed by atoms with Gasteiger partial charge in [0.25, 0.3) is 15.9 Å². The normalized spacial score (nSPS) is 10.7. The number of ether oxygens (including phenoxy) is 1. The molecule has 8 heteroatoms. The number of nitriles is 1. The second kappa shape index (κ2) is 9.78. The first-order valence-electron chi connectivity index (χ1n) is 9.44. The van der Waals surface area contributed by atoms with Gasteiger partial charge in [0.2, 0.25) is 0 Å². The van der Waals surface area contributed by atoms with E-state index in [4.69, 9.17) is 10.00 Å². The number of rotatable bonds is 8. The summed E-state index contributed by atoms with van der Waals surface area (Å²) in [6, 6.07) is 22.1. The van der Waals surface area contributed by atoms with Crippen LogP contribution in [0.25, 0.3) is 0 Å². The van der Waals surface area contributed by atoms with E-state index >= 15 is 0 Å². The number of amides is 1. The molecule has 2 N–H and O–H groups in total. The molecule has 0 saturated heterocycles. The van der Waals surface area contributed by atoms with Crippen molar-refractivity contribution >= 4 is 27.3 Å². The van der Waals surface area contributed by atoms with Gasteiger partial charge in [0.05, 0.1) is 17.4 Å². The molecule has 0 aliphatic rings. The third kappa shape index (κ3) is 6.07. The Morgan fingerprint density at radius 2 is 1.71 bits per heavy atom. The maximum atomic E-state index is 12.6. The molecular formula is C23H21N3O4S. The summed E-state index contributed by atoms with van der Waals surface area (Å²) in [5.41, 5.74) is 2.52. The highest BCUT2D eigenvalue weighted by molar-refractivity contribution is 7.92.